The molecule has 0 nitrogen and oxygen atoms in total. The van der Waals surface area contributed by atoms with E-state index in [1.54, 1.807) is 11.1 Å². The van der Waals surface area contributed by atoms with Gasteiger partial charge in [-0.1, -0.05) is 174 Å². The molecule has 6 rings (SSSR count). The van der Waals surface area contributed by atoms with Crippen LogP contribution in [-0.4, -0.2) is 0 Å². The Hall–Kier alpha value is -2.34. The van der Waals surface area contributed by atoms with Crippen LogP contribution in [0.1, 0.15) is 150 Å². The Morgan fingerprint density at radius 1 is 0.295 bits per heavy atom. The third-order valence-electron chi connectivity index (χ3n) is 10.7. The fraction of sp³-hybridized carbons (Fsp3) is 0.591. The molecule has 0 aliphatic heterocycles. The van der Waals surface area contributed by atoms with Crippen molar-refractivity contribution in [3.05, 3.63) is 106 Å². The normalized spacial score (nSPS) is 26.5. The van der Waals surface area contributed by atoms with Crippen LogP contribution < -0.4 is 0 Å². The summed E-state index contributed by atoms with van der Waals surface area (Å²) < 4.78 is 0. The molecule has 0 aromatic heterocycles. The number of hydrogen-bond acceptors (Lipinski definition) is 0. The summed E-state index contributed by atoms with van der Waals surface area (Å²) in [5.74, 6) is 5.63. The number of aryl methyl sites for hydroxylation is 4. The van der Waals surface area contributed by atoms with Crippen molar-refractivity contribution in [3.63, 3.8) is 0 Å². The van der Waals surface area contributed by atoms with E-state index < -0.39 is 0 Å². The fourth-order valence-electron chi connectivity index (χ4n) is 6.93. The van der Waals surface area contributed by atoms with E-state index in [1.807, 2.05) is 0 Å². The predicted molar refractivity (Wildman–Crippen MR) is 196 cm³/mol. The highest BCUT2D eigenvalue weighted by Gasteiger charge is 2.20. The lowest BCUT2D eigenvalue weighted by molar-refractivity contribution is 0.308. The van der Waals surface area contributed by atoms with Crippen LogP contribution in [0.4, 0.5) is 0 Å². The number of hydrogen-bond donors (Lipinski definition) is 0. The first-order valence-electron chi connectivity index (χ1n) is 18.2. The molecule has 0 bridgehead atoms. The summed E-state index contributed by atoms with van der Waals surface area (Å²) in [5.41, 5.74) is 8.52. The lowest BCUT2D eigenvalue weighted by Gasteiger charge is -2.26. The van der Waals surface area contributed by atoms with Crippen LogP contribution in [0.3, 0.4) is 0 Å². The van der Waals surface area contributed by atoms with E-state index in [4.69, 9.17) is 0 Å². The van der Waals surface area contributed by atoms with Crippen molar-refractivity contribution in [2.75, 3.05) is 0 Å². The maximum Gasteiger partial charge on any atom is -0.0162 e. The average Bonchev–Trinajstić information content (AvgIpc) is 3.03. The molecule has 3 saturated carbocycles. The molecule has 242 valence electrons. The van der Waals surface area contributed by atoms with E-state index in [-0.39, 0.29) is 0 Å². The Balaban J connectivity index is 0.000000166. The van der Waals surface area contributed by atoms with Gasteiger partial charge in [-0.3, -0.25) is 0 Å². The van der Waals surface area contributed by atoms with Gasteiger partial charge in [0.2, 0.25) is 0 Å². The lowest BCUT2D eigenvalue weighted by Crippen LogP contribution is -2.10. The SMILES string of the molecule is CC1CCC(C)CC1.Cc1ccc(C)cc1.Cc1ccc(C2CCC(C)CC2)cc1.Cc1ccc(C2CCC(C)CC2)cc1. The molecule has 0 heteroatoms. The van der Waals surface area contributed by atoms with Gasteiger partial charge < -0.3 is 0 Å². The van der Waals surface area contributed by atoms with E-state index in [9.17, 15) is 0 Å². The molecule has 0 unspecified atom stereocenters. The van der Waals surface area contributed by atoms with E-state index in [1.165, 1.54) is 99.3 Å². The summed E-state index contributed by atoms with van der Waals surface area (Å²) >= 11 is 0. The molecule has 3 fully saturated rings. The van der Waals surface area contributed by atoms with Crippen molar-refractivity contribution < 1.29 is 0 Å². The Bertz CT molecular complexity index is 1030. The zero-order chi connectivity index (χ0) is 31.9. The van der Waals surface area contributed by atoms with Gasteiger partial charge in [0.1, 0.15) is 0 Å². The van der Waals surface area contributed by atoms with Crippen LogP contribution in [0.25, 0.3) is 0 Å². The predicted octanol–water partition coefficient (Wildman–Crippen LogP) is 13.7. The van der Waals surface area contributed by atoms with Gasteiger partial charge in [0.25, 0.3) is 0 Å². The third-order valence-corrected chi connectivity index (χ3v) is 10.7. The van der Waals surface area contributed by atoms with Crippen LogP contribution in [0.2, 0.25) is 0 Å². The van der Waals surface area contributed by atoms with Gasteiger partial charge in [-0.25, -0.2) is 0 Å². The molecule has 0 N–H and O–H groups in total. The molecular weight excluding hydrogens is 528 g/mol. The van der Waals surface area contributed by atoms with E-state index in [0.29, 0.717) is 0 Å². The summed E-state index contributed by atoms with van der Waals surface area (Å²) in [7, 11) is 0. The zero-order valence-electron chi connectivity index (χ0n) is 29.9. The second kappa shape index (κ2) is 19.2. The standard InChI is InChI=1S/2C14H20.C8H16.C8H10/c2*1-11-3-7-13(8-4-11)14-9-5-12(2)6-10-14;2*1-7-3-5-8(2)6-4-7/h2*3-4,7-8,12,14H,5-6,9-10H2,1-2H3;7-8H,3-6H2,1-2H3;3-6H,1-2H3. The highest BCUT2D eigenvalue weighted by atomic mass is 14.3. The van der Waals surface area contributed by atoms with Crippen LogP contribution in [0, 0.1) is 51.4 Å². The molecule has 3 aliphatic rings. The molecule has 44 heavy (non-hydrogen) atoms. The smallest absolute Gasteiger partial charge is 0.0162 e. The Morgan fingerprint density at radius 3 is 0.705 bits per heavy atom. The molecule has 0 spiro atoms. The molecule has 0 amide bonds. The van der Waals surface area contributed by atoms with Gasteiger partial charge in [-0.2, -0.15) is 0 Å². The summed E-state index contributed by atoms with van der Waals surface area (Å²) in [5, 5.41) is 0. The van der Waals surface area contributed by atoms with E-state index in [2.05, 4.69) is 128 Å². The van der Waals surface area contributed by atoms with Crippen molar-refractivity contribution in [2.24, 2.45) is 23.7 Å². The van der Waals surface area contributed by atoms with Gasteiger partial charge in [0.05, 0.1) is 0 Å². The van der Waals surface area contributed by atoms with Gasteiger partial charge >= 0.3 is 0 Å². The number of rotatable bonds is 2. The van der Waals surface area contributed by atoms with Crippen molar-refractivity contribution in [2.45, 2.75) is 144 Å². The average molecular weight is 595 g/mol. The van der Waals surface area contributed by atoms with Crippen LogP contribution in [0.15, 0.2) is 72.8 Å². The largest absolute Gasteiger partial charge is 0.0625 e. The van der Waals surface area contributed by atoms with Crippen molar-refractivity contribution in [3.8, 4) is 0 Å². The summed E-state index contributed by atoms with van der Waals surface area (Å²) in [4.78, 5) is 0. The quantitative estimate of drug-likeness (QED) is 0.277. The van der Waals surface area contributed by atoms with Crippen LogP contribution in [0.5, 0.6) is 0 Å². The maximum atomic E-state index is 2.38. The van der Waals surface area contributed by atoms with Gasteiger partial charge in [0.15, 0.2) is 0 Å². The second-order valence-corrected chi connectivity index (χ2v) is 15.3. The van der Waals surface area contributed by atoms with Crippen molar-refractivity contribution in [1.29, 1.82) is 0 Å². The lowest BCUT2D eigenvalue weighted by atomic mass is 9.79. The first-order valence-corrected chi connectivity index (χ1v) is 18.2. The second-order valence-electron chi connectivity index (χ2n) is 15.3. The van der Waals surface area contributed by atoms with Crippen molar-refractivity contribution in [1.82, 2.24) is 0 Å². The maximum absolute atomic E-state index is 2.38. The molecule has 0 heterocycles. The number of benzene rings is 3. The Kier molecular flexibility index (Phi) is 15.8. The first kappa shape index (κ1) is 36.1. The van der Waals surface area contributed by atoms with Crippen molar-refractivity contribution >= 4 is 0 Å². The highest BCUT2D eigenvalue weighted by Crippen LogP contribution is 2.36. The van der Waals surface area contributed by atoms with Crippen LogP contribution >= 0.6 is 0 Å². The zero-order valence-corrected chi connectivity index (χ0v) is 29.9. The minimum atomic E-state index is 0.840. The topological polar surface area (TPSA) is 0 Å². The molecule has 3 aromatic rings. The molecule has 0 radical (unpaired) electrons. The summed E-state index contributed by atoms with van der Waals surface area (Å²) in [6.45, 7) is 18.0. The van der Waals surface area contributed by atoms with E-state index >= 15 is 0 Å². The Labute approximate surface area is 273 Å². The monoisotopic (exact) mass is 595 g/mol. The molecule has 0 atom stereocenters. The molecular formula is C44H66. The minimum Gasteiger partial charge on any atom is -0.0625 e. The molecule has 0 saturated heterocycles. The summed E-state index contributed by atoms with van der Waals surface area (Å²) in [6, 6.07) is 26.7. The third kappa shape index (κ3) is 13.7. The molecule has 3 aromatic carbocycles. The fourth-order valence-corrected chi connectivity index (χ4v) is 6.93. The van der Waals surface area contributed by atoms with Gasteiger partial charge in [-0.15, -0.1) is 0 Å². The van der Waals surface area contributed by atoms with Crippen LogP contribution in [-0.2, 0) is 0 Å². The van der Waals surface area contributed by atoms with Gasteiger partial charge in [0, 0.05) is 0 Å². The van der Waals surface area contributed by atoms with E-state index in [0.717, 1.165) is 35.5 Å². The Morgan fingerprint density at radius 2 is 0.477 bits per heavy atom. The molecule has 3 aliphatic carbocycles. The minimum absolute atomic E-state index is 0.840. The van der Waals surface area contributed by atoms with Gasteiger partial charge in [-0.05, 0) is 100 Å². The summed E-state index contributed by atoms with van der Waals surface area (Å²) in [6.07, 6.45) is 17.1. The first-order chi connectivity index (χ1) is 21.1. The highest BCUT2D eigenvalue weighted by molar-refractivity contribution is 5.26.